The van der Waals surface area contributed by atoms with Crippen LogP contribution in [0.3, 0.4) is 0 Å². The summed E-state index contributed by atoms with van der Waals surface area (Å²) in [7, 11) is -4.21. The lowest BCUT2D eigenvalue weighted by atomic mass is 10.1. The minimum atomic E-state index is -4.21. The van der Waals surface area contributed by atoms with Crippen molar-refractivity contribution in [2.24, 2.45) is 0 Å². The molecule has 0 fully saturated rings. The van der Waals surface area contributed by atoms with Crippen LogP contribution >= 0.6 is 0 Å². The zero-order valence-corrected chi connectivity index (χ0v) is 11.8. The van der Waals surface area contributed by atoms with Gasteiger partial charge in [0, 0.05) is 12.0 Å². The van der Waals surface area contributed by atoms with Crippen LogP contribution in [-0.4, -0.2) is 13.0 Å². The lowest BCUT2D eigenvalue weighted by Crippen LogP contribution is -2.03. The molecule has 0 aromatic heterocycles. The zero-order chi connectivity index (χ0) is 14.6. The third-order valence-corrected chi connectivity index (χ3v) is 3.73. The molecule has 2 aromatic rings. The summed E-state index contributed by atoms with van der Waals surface area (Å²) in [4.78, 5) is -0.0783. The summed E-state index contributed by atoms with van der Waals surface area (Å²) in [6, 6.07) is 14.2. The van der Waals surface area contributed by atoms with Crippen molar-refractivity contribution in [2.45, 2.75) is 18.2 Å². The Hall–Kier alpha value is -2.09. The van der Waals surface area contributed by atoms with Gasteiger partial charge in [-0.05, 0) is 30.7 Å². The number of hydrogen-bond donors (Lipinski definition) is 1. The van der Waals surface area contributed by atoms with Gasteiger partial charge >= 0.3 is 0 Å². The van der Waals surface area contributed by atoms with E-state index in [0.29, 0.717) is 5.56 Å². The van der Waals surface area contributed by atoms with E-state index in [2.05, 4.69) is 11.8 Å². The van der Waals surface area contributed by atoms with E-state index in [1.807, 2.05) is 37.3 Å². The number of benzene rings is 2. The van der Waals surface area contributed by atoms with Crippen molar-refractivity contribution in [1.82, 2.24) is 0 Å². The van der Waals surface area contributed by atoms with E-state index in [1.54, 1.807) is 12.1 Å². The molecule has 0 bridgehead atoms. The van der Waals surface area contributed by atoms with Crippen LogP contribution in [0, 0.1) is 18.8 Å². The highest BCUT2D eigenvalue weighted by Crippen LogP contribution is 2.17. The van der Waals surface area contributed by atoms with Crippen molar-refractivity contribution in [2.75, 3.05) is 0 Å². The van der Waals surface area contributed by atoms with Gasteiger partial charge in [0.25, 0.3) is 10.1 Å². The Morgan fingerprint density at radius 1 is 1.10 bits per heavy atom. The molecule has 0 radical (unpaired) electrons. The van der Waals surface area contributed by atoms with Gasteiger partial charge in [-0.25, -0.2) is 0 Å². The third kappa shape index (κ3) is 3.70. The Morgan fingerprint density at radius 3 is 2.45 bits per heavy atom. The van der Waals surface area contributed by atoms with Crippen LogP contribution in [0.4, 0.5) is 0 Å². The number of aryl methyl sites for hydroxylation is 1. The number of hydrogen-bond acceptors (Lipinski definition) is 2. The van der Waals surface area contributed by atoms with Gasteiger partial charge in [-0.15, -0.1) is 0 Å². The van der Waals surface area contributed by atoms with Crippen LogP contribution < -0.4 is 0 Å². The van der Waals surface area contributed by atoms with Crippen molar-refractivity contribution in [3.63, 3.8) is 0 Å². The third-order valence-electron chi connectivity index (χ3n) is 2.78. The summed E-state index contributed by atoms with van der Waals surface area (Å²) >= 11 is 0. The van der Waals surface area contributed by atoms with E-state index in [1.165, 1.54) is 6.07 Å². The Kier molecular flexibility index (Phi) is 4.23. The second kappa shape index (κ2) is 5.91. The minimum Gasteiger partial charge on any atom is -0.282 e. The first-order valence-electron chi connectivity index (χ1n) is 6.08. The molecule has 0 spiro atoms. The van der Waals surface area contributed by atoms with E-state index in [4.69, 9.17) is 0 Å². The summed E-state index contributed by atoms with van der Waals surface area (Å²) in [5, 5.41) is 0. The smallest absolute Gasteiger partial charge is 0.282 e. The lowest BCUT2D eigenvalue weighted by Gasteiger charge is -2.05. The van der Waals surface area contributed by atoms with Gasteiger partial charge < -0.3 is 0 Å². The van der Waals surface area contributed by atoms with Gasteiger partial charge in [0.05, 0.1) is 4.90 Å². The van der Waals surface area contributed by atoms with E-state index in [0.717, 1.165) is 11.1 Å². The topological polar surface area (TPSA) is 54.4 Å². The summed E-state index contributed by atoms with van der Waals surface area (Å²) in [5.41, 5.74) is 2.30. The first-order chi connectivity index (χ1) is 9.47. The molecule has 4 heteroatoms. The Labute approximate surface area is 119 Å². The molecule has 0 atom stereocenters. The highest BCUT2D eigenvalue weighted by molar-refractivity contribution is 7.85. The molecule has 0 saturated heterocycles. The lowest BCUT2D eigenvalue weighted by molar-refractivity contribution is 0.482. The Balaban J connectivity index is 2.31. The van der Waals surface area contributed by atoms with Gasteiger partial charge in [-0.2, -0.15) is 8.42 Å². The number of rotatable bonds is 2. The molecule has 0 heterocycles. The predicted octanol–water partition coefficient (Wildman–Crippen LogP) is 2.84. The Morgan fingerprint density at radius 2 is 1.80 bits per heavy atom. The molecule has 0 unspecified atom stereocenters. The fourth-order valence-corrected chi connectivity index (χ4v) is 2.56. The molecule has 1 N–H and O–H groups in total. The predicted molar refractivity (Wildman–Crippen MR) is 78.0 cm³/mol. The van der Waals surface area contributed by atoms with Gasteiger partial charge in [-0.1, -0.05) is 47.7 Å². The van der Waals surface area contributed by atoms with E-state index < -0.39 is 10.1 Å². The second-order valence-corrected chi connectivity index (χ2v) is 5.82. The van der Waals surface area contributed by atoms with Crippen LogP contribution in [0.25, 0.3) is 0 Å². The van der Waals surface area contributed by atoms with Crippen LogP contribution in [0.15, 0.2) is 53.4 Å². The quantitative estimate of drug-likeness (QED) is 0.682. The summed E-state index contributed by atoms with van der Waals surface area (Å²) in [6.45, 7) is 1.86. The average molecular weight is 286 g/mol. The van der Waals surface area contributed by atoms with Crippen LogP contribution in [0.2, 0.25) is 0 Å². The van der Waals surface area contributed by atoms with Crippen LogP contribution in [-0.2, 0) is 16.5 Å². The van der Waals surface area contributed by atoms with E-state index in [-0.39, 0.29) is 11.3 Å². The molecular weight excluding hydrogens is 272 g/mol. The van der Waals surface area contributed by atoms with Gasteiger partial charge in [-0.3, -0.25) is 4.55 Å². The van der Waals surface area contributed by atoms with Gasteiger partial charge in [0.2, 0.25) is 0 Å². The molecule has 2 rings (SSSR count). The second-order valence-electron chi connectivity index (χ2n) is 4.43. The van der Waals surface area contributed by atoms with E-state index in [9.17, 15) is 13.0 Å². The average Bonchev–Trinajstić information content (AvgIpc) is 2.38. The summed E-state index contributed by atoms with van der Waals surface area (Å²) < 4.78 is 31.8. The molecule has 0 aliphatic carbocycles. The monoisotopic (exact) mass is 286 g/mol. The van der Waals surface area contributed by atoms with Gasteiger partial charge in [0.15, 0.2) is 0 Å². The maximum absolute atomic E-state index is 11.3. The molecule has 102 valence electrons. The normalized spacial score (nSPS) is 10.7. The first-order valence-corrected chi connectivity index (χ1v) is 7.52. The van der Waals surface area contributed by atoms with Crippen molar-refractivity contribution in [3.8, 4) is 11.8 Å². The standard InChI is InChI=1S/C16H14O3S/c1-13-10-11-16(20(17,18)19)15(12-13)9-5-8-14-6-3-2-4-7-14/h2-4,6-7,10-12H,9H2,1H3,(H,17,18,19). The molecular formula is C16H14O3S. The first kappa shape index (κ1) is 14.3. The maximum atomic E-state index is 11.3. The van der Waals surface area contributed by atoms with Crippen molar-refractivity contribution in [1.29, 1.82) is 0 Å². The largest absolute Gasteiger partial charge is 0.294 e. The minimum absolute atomic E-state index is 0.0783. The van der Waals surface area contributed by atoms with Gasteiger partial charge in [0.1, 0.15) is 0 Å². The molecule has 20 heavy (non-hydrogen) atoms. The van der Waals surface area contributed by atoms with Crippen molar-refractivity contribution < 1.29 is 13.0 Å². The van der Waals surface area contributed by atoms with E-state index >= 15 is 0 Å². The fraction of sp³-hybridized carbons (Fsp3) is 0.125. The molecule has 3 nitrogen and oxygen atoms in total. The highest BCUT2D eigenvalue weighted by atomic mass is 32.2. The summed E-state index contributed by atoms with van der Waals surface area (Å²) in [6.07, 6.45) is 0.270. The van der Waals surface area contributed by atoms with Crippen LogP contribution in [0.5, 0.6) is 0 Å². The highest BCUT2D eigenvalue weighted by Gasteiger charge is 2.14. The SMILES string of the molecule is Cc1ccc(S(=O)(=O)O)c(CC#Cc2ccccc2)c1. The fourth-order valence-electron chi connectivity index (χ4n) is 1.86. The molecule has 0 amide bonds. The van der Waals surface area contributed by atoms with Crippen LogP contribution in [0.1, 0.15) is 16.7 Å². The zero-order valence-electron chi connectivity index (χ0n) is 11.0. The molecule has 0 aliphatic heterocycles. The maximum Gasteiger partial charge on any atom is 0.294 e. The van der Waals surface area contributed by atoms with Crippen molar-refractivity contribution >= 4 is 10.1 Å². The molecule has 0 aliphatic rings. The van der Waals surface area contributed by atoms with Crippen molar-refractivity contribution in [3.05, 3.63) is 65.2 Å². The molecule has 0 saturated carbocycles. The summed E-state index contributed by atoms with van der Waals surface area (Å²) in [5.74, 6) is 5.90. The Bertz CT molecular complexity index is 766. The molecule has 2 aromatic carbocycles.